The van der Waals surface area contributed by atoms with Gasteiger partial charge in [-0.1, -0.05) is 54.1 Å². The van der Waals surface area contributed by atoms with Gasteiger partial charge in [-0.25, -0.2) is 4.68 Å². The first kappa shape index (κ1) is 17.7. The molecule has 1 aliphatic heterocycles. The van der Waals surface area contributed by atoms with Gasteiger partial charge in [0.25, 0.3) is 5.91 Å². The Labute approximate surface area is 163 Å². The van der Waals surface area contributed by atoms with Crippen LogP contribution in [0.5, 0.6) is 0 Å². The van der Waals surface area contributed by atoms with Gasteiger partial charge in [-0.15, -0.1) is 0 Å². The van der Waals surface area contributed by atoms with Crippen molar-refractivity contribution < 1.29 is 9.53 Å². The zero-order valence-electron chi connectivity index (χ0n) is 15.0. The summed E-state index contributed by atoms with van der Waals surface area (Å²) in [5.74, 6) is -0.127. The molecule has 2 heterocycles. The average molecular weight is 379 g/mol. The van der Waals surface area contributed by atoms with Crippen molar-refractivity contribution in [1.29, 1.82) is 0 Å². The van der Waals surface area contributed by atoms with E-state index in [2.05, 4.69) is 17.2 Å². The lowest BCUT2D eigenvalue weighted by Crippen LogP contribution is -2.20. The zero-order chi connectivity index (χ0) is 18.8. The van der Waals surface area contributed by atoms with Gasteiger partial charge in [0.2, 0.25) is 0 Å². The van der Waals surface area contributed by atoms with Crippen molar-refractivity contribution >= 4 is 17.5 Å². The van der Waals surface area contributed by atoms with Crippen molar-refractivity contribution in [2.45, 2.75) is 12.8 Å². The molecule has 0 amide bonds. The van der Waals surface area contributed by atoms with E-state index in [0.29, 0.717) is 24.5 Å². The number of carbonyl (C=O) groups excluding carboxylic acids is 1. The molecule has 27 heavy (non-hydrogen) atoms. The standard InChI is InChI=1S/C22H19ClN2O2/c1-27-14-16-12-20-22(17-7-9-18(23)10-8-17)19(24-25(20)21(26)13-16)11-15-5-3-2-4-6-15/h2-10,13H,11-12,14H2,1H3. The van der Waals surface area contributed by atoms with Crippen LogP contribution < -0.4 is 0 Å². The largest absolute Gasteiger partial charge is 0.380 e. The molecule has 0 N–H and O–H groups in total. The summed E-state index contributed by atoms with van der Waals surface area (Å²) in [7, 11) is 1.64. The number of nitrogens with zero attached hydrogens (tertiary/aromatic N) is 2. The summed E-state index contributed by atoms with van der Waals surface area (Å²) in [6.07, 6.45) is 2.92. The Morgan fingerprint density at radius 1 is 1.11 bits per heavy atom. The van der Waals surface area contributed by atoms with Gasteiger partial charge in [-0.3, -0.25) is 4.79 Å². The maximum atomic E-state index is 12.6. The Balaban J connectivity index is 1.83. The molecule has 0 fully saturated rings. The molecule has 5 heteroatoms. The molecule has 4 nitrogen and oxygen atoms in total. The first-order valence-electron chi connectivity index (χ1n) is 8.79. The summed E-state index contributed by atoms with van der Waals surface area (Å²) in [5, 5.41) is 5.35. The molecule has 0 saturated heterocycles. The quantitative estimate of drug-likeness (QED) is 0.653. The average Bonchev–Trinajstić information content (AvgIpc) is 3.02. The minimum Gasteiger partial charge on any atom is -0.380 e. The lowest BCUT2D eigenvalue weighted by atomic mass is 9.95. The van der Waals surface area contributed by atoms with Crippen molar-refractivity contribution in [3.8, 4) is 11.1 Å². The third-order valence-electron chi connectivity index (χ3n) is 4.66. The predicted molar refractivity (Wildman–Crippen MR) is 106 cm³/mol. The number of rotatable bonds is 5. The number of aromatic nitrogens is 2. The van der Waals surface area contributed by atoms with Crippen LogP contribution in [0, 0.1) is 0 Å². The van der Waals surface area contributed by atoms with Crippen molar-refractivity contribution in [1.82, 2.24) is 9.78 Å². The second-order valence-electron chi connectivity index (χ2n) is 6.60. The second-order valence-corrected chi connectivity index (χ2v) is 7.04. The molecule has 1 aromatic heterocycles. The van der Waals surface area contributed by atoms with Crippen molar-refractivity contribution in [3.05, 3.63) is 88.2 Å². The van der Waals surface area contributed by atoms with E-state index >= 15 is 0 Å². The first-order chi connectivity index (χ1) is 13.2. The summed E-state index contributed by atoms with van der Waals surface area (Å²) in [4.78, 5) is 12.6. The molecule has 0 aliphatic carbocycles. The number of fused-ring (bicyclic) bond motifs is 1. The van der Waals surface area contributed by atoms with Crippen LogP contribution in [0.3, 0.4) is 0 Å². The maximum Gasteiger partial charge on any atom is 0.271 e. The number of methoxy groups -OCH3 is 1. The smallest absolute Gasteiger partial charge is 0.271 e. The maximum absolute atomic E-state index is 12.6. The Morgan fingerprint density at radius 3 is 2.56 bits per heavy atom. The van der Waals surface area contributed by atoms with E-state index in [4.69, 9.17) is 16.3 Å². The Morgan fingerprint density at radius 2 is 1.85 bits per heavy atom. The van der Waals surface area contributed by atoms with Gasteiger partial charge >= 0.3 is 0 Å². The van der Waals surface area contributed by atoms with Gasteiger partial charge in [0.15, 0.2) is 0 Å². The minimum absolute atomic E-state index is 0.127. The molecule has 3 aromatic rings. The minimum atomic E-state index is -0.127. The molecular weight excluding hydrogens is 360 g/mol. The van der Waals surface area contributed by atoms with Crippen LogP contribution in [0.4, 0.5) is 0 Å². The third kappa shape index (κ3) is 3.59. The fourth-order valence-electron chi connectivity index (χ4n) is 3.49. The first-order valence-corrected chi connectivity index (χ1v) is 9.17. The highest BCUT2D eigenvalue weighted by Gasteiger charge is 2.26. The topological polar surface area (TPSA) is 44.1 Å². The summed E-state index contributed by atoms with van der Waals surface area (Å²) < 4.78 is 6.77. The van der Waals surface area contributed by atoms with E-state index in [0.717, 1.165) is 33.7 Å². The highest BCUT2D eigenvalue weighted by Crippen LogP contribution is 2.33. The normalized spacial score (nSPS) is 13.4. The Hall–Kier alpha value is -2.69. The number of hydrogen-bond acceptors (Lipinski definition) is 3. The number of ether oxygens (including phenoxy) is 1. The molecule has 0 radical (unpaired) electrons. The monoisotopic (exact) mass is 378 g/mol. The van der Waals surface area contributed by atoms with E-state index in [1.807, 2.05) is 42.5 Å². The van der Waals surface area contributed by atoms with E-state index < -0.39 is 0 Å². The van der Waals surface area contributed by atoms with Crippen LogP contribution in [0.25, 0.3) is 11.1 Å². The van der Waals surface area contributed by atoms with Gasteiger partial charge in [-0.05, 0) is 28.8 Å². The summed E-state index contributed by atoms with van der Waals surface area (Å²) in [6, 6.07) is 17.8. The number of hydrogen-bond donors (Lipinski definition) is 0. The molecular formula is C22H19ClN2O2. The van der Waals surface area contributed by atoms with Gasteiger partial charge in [-0.2, -0.15) is 5.10 Å². The van der Waals surface area contributed by atoms with E-state index in [9.17, 15) is 4.79 Å². The van der Waals surface area contributed by atoms with Crippen LogP contribution in [0.2, 0.25) is 5.02 Å². The predicted octanol–water partition coefficient (Wildman–Crippen LogP) is 4.56. The van der Waals surface area contributed by atoms with Gasteiger partial charge in [0, 0.05) is 36.6 Å². The fourth-order valence-corrected chi connectivity index (χ4v) is 3.62. The van der Waals surface area contributed by atoms with Crippen LogP contribution in [0.1, 0.15) is 21.7 Å². The van der Waals surface area contributed by atoms with E-state index in [-0.39, 0.29) is 5.91 Å². The van der Waals surface area contributed by atoms with Crippen LogP contribution in [0.15, 0.2) is 66.2 Å². The van der Waals surface area contributed by atoms with Crippen molar-refractivity contribution in [2.75, 3.05) is 13.7 Å². The Bertz CT molecular complexity index is 1000. The van der Waals surface area contributed by atoms with Crippen LogP contribution >= 0.6 is 11.6 Å². The summed E-state index contributed by atoms with van der Waals surface area (Å²) in [6.45, 7) is 0.436. The fraction of sp³-hybridized carbons (Fsp3) is 0.182. The molecule has 1 aliphatic rings. The lowest BCUT2D eigenvalue weighted by Gasteiger charge is -2.15. The number of allylic oxidation sites excluding steroid dienone is 1. The molecule has 4 rings (SSSR count). The third-order valence-corrected chi connectivity index (χ3v) is 4.91. The summed E-state index contributed by atoms with van der Waals surface area (Å²) in [5.41, 5.74) is 5.92. The molecule has 0 spiro atoms. The van der Waals surface area contributed by atoms with Gasteiger partial charge < -0.3 is 4.74 Å². The molecule has 2 aromatic carbocycles. The zero-order valence-corrected chi connectivity index (χ0v) is 15.7. The van der Waals surface area contributed by atoms with E-state index in [1.54, 1.807) is 13.2 Å². The number of benzene rings is 2. The number of halogens is 1. The van der Waals surface area contributed by atoms with E-state index in [1.165, 1.54) is 4.68 Å². The second kappa shape index (κ2) is 7.51. The highest BCUT2D eigenvalue weighted by atomic mass is 35.5. The molecule has 136 valence electrons. The van der Waals surface area contributed by atoms with Crippen LogP contribution in [-0.4, -0.2) is 29.4 Å². The van der Waals surface area contributed by atoms with Crippen molar-refractivity contribution in [2.24, 2.45) is 0 Å². The summed E-state index contributed by atoms with van der Waals surface area (Å²) >= 11 is 6.07. The van der Waals surface area contributed by atoms with Gasteiger partial charge in [0.05, 0.1) is 18.0 Å². The lowest BCUT2D eigenvalue weighted by molar-refractivity contribution is 0.0942. The Kier molecular flexibility index (Phi) is 4.92. The molecule has 0 unspecified atom stereocenters. The highest BCUT2D eigenvalue weighted by molar-refractivity contribution is 6.30. The van der Waals surface area contributed by atoms with Gasteiger partial charge in [0.1, 0.15) is 0 Å². The van der Waals surface area contributed by atoms with Crippen LogP contribution in [-0.2, 0) is 17.6 Å². The molecule has 0 saturated carbocycles. The molecule has 0 bridgehead atoms. The number of carbonyl (C=O) groups is 1. The van der Waals surface area contributed by atoms with Crippen molar-refractivity contribution in [3.63, 3.8) is 0 Å². The SMILES string of the molecule is COCC1=CC(=O)n2nc(Cc3ccccc3)c(-c3ccc(Cl)cc3)c2C1. The molecule has 0 atom stereocenters.